The van der Waals surface area contributed by atoms with Crippen LogP contribution in [0.1, 0.15) is 10.4 Å². The van der Waals surface area contributed by atoms with Crippen LogP contribution in [0.3, 0.4) is 0 Å². The van der Waals surface area contributed by atoms with E-state index in [-0.39, 0.29) is 0 Å². The molecule has 0 N–H and O–H groups in total. The van der Waals surface area contributed by atoms with Gasteiger partial charge in [0.1, 0.15) is 10.9 Å². The average molecular weight is 263 g/mol. The van der Waals surface area contributed by atoms with Crippen LogP contribution in [-0.4, -0.2) is 0 Å². The van der Waals surface area contributed by atoms with Crippen molar-refractivity contribution < 1.29 is 0 Å². The molecule has 0 aliphatic carbocycles. The van der Waals surface area contributed by atoms with Gasteiger partial charge in [-0.15, -0.1) is 11.3 Å². The molecule has 0 radical (unpaired) electrons. The van der Waals surface area contributed by atoms with Gasteiger partial charge in [-0.05, 0) is 39.5 Å². The molecule has 0 atom stereocenters. The van der Waals surface area contributed by atoms with Crippen molar-refractivity contribution in [2.45, 2.75) is 0 Å². The van der Waals surface area contributed by atoms with Crippen molar-refractivity contribution >= 4 is 37.4 Å². The molecule has 2 rings (SSSR count). The predicted octanol–water partition coefficient (Wildman–Crippen LogP) is 3.41. The third-order valence-corrected chi connectivity index (χ3v) is 3.79. The molecule has 14 heavy (non-hydrogen) atoms. The molecule has 0 aliphatic rings. The van der Waals surface area contributed by atoms with Gasteiger partial charge in [0, 0.05) is 9.17 Å². The lowest BCUT2D eigenvalue weighted by Gasteiger charge is -1.93. The molecule has 0 amide bonds. The zero-order valence-corrected chi connectivity index (χ0v) is 9.32. The second kappa shape index (κ2) is 3.42. The van der Waals surface area contributed by atoms with Crippen LogP contribution in [0, 0.1) is 22.7 Å². The summed E-state index contributed by atoms with van der Waals surface area (Å²) in [4.78, 5) is 0.663. The summed E-state index contributed by atoms with van der Waals surface area (Å²) < 4.78 is 1.89. The normalized spacial score (nSPS) is 9.64. The van der Waals surface area contributed by atoms with Crippen molar-refractivity contribution in [3.63, 3.8) is 0 Å². The van der Waals surface area contributed by atoms with E-state index in [2.05, 4.69) is 28.1 Å². The van der Waals surface area contributed by atoms with Crippen molar-refractivity contribution in [1.82, 2.24) is 0 Å². The topological polar surface area (TPSA) is 47.6 Å². The Labute approximate surface area is 93.1 Å². The van der Waals surface area contributed by atoms with E-state index in [4.69, 9.17) is 10.5 Å². The Morgan fingerprint density at radius 3 is 2.57 bits per heavy atom. The van der Waals surface area contributed by atoms with Gasteiger partial charge >= 0.3 is 0 Å². The zero-order chi connectivity index (χ0) is 10.1. The number of nitrogens with zero attached hydrogens (tertiary/aromatic N) is 2. The molecular formula is C10H3BrN2S. The van der Waals surface area contributed by atoms with Crippen LogP contribution in [0.5, 0.6) is 0 Å². The van der Waals surface area contributed by atoms with E-state index in [1.165, 1.54) is 11.3 Å². The van der Waals surface area contributed by atoms with Crippen LogP contribution < -0.4 is 0 Å². The molecule has 0 aliphatic heterocycles. The maximum atomic E-state index is 8.75. The van der Waals surface area contributed by atoms with Gasteiger partial charge in [0.05, 0.1) is 11.6 Å². The lowest BCUT2D eigenvalue weighted by molar-refractivity contribution is 1.49. The molecule has 66 valence electrons. The highest BCUT2D eigenvalue weighted by Gasteiger charge is 2.06. The maximum Gasteiger partial charge on any atom is 0.110 e. The fourth-order valence-electron chi connectivity index (χ4n) is 1.23. The Bertz CT molecular complexity index is 586. The lowest BCUT2D eigenvalue weighted by atomic mass is 10.2. The average Bonchev–Trinajstić information content (AvgIpc) is 2.61. The molecule has 2 aromatic rings. The summed E-state index contributed by atoms with van der Waals surface area (Å²) in [5.74, 6) is 0. The number of hydrogen-bond donors (Lipinski definition) is 0. The van der Waals surface area contributed by atoms with E-state index in [1.54, 1.807) is 18.2 Å². The number of hydrogen-bond acceptors (Lipinski definition) is 3. The van der Waals surface area contributed by atoms with Crippen molar-refractivity contribution in [3.8, 4) is 12.1 Å². The molecule has 0 fully saturated rings. The summed E-state index contributed by atoms with van der Waals surface area (Å²) in [5.41, 5.74) is 0.603. The second-order valence-corrected chi connectivity index (χ2v) is 4.62. The molecule has 1 heterocycles. The molecule has 2 nitrogen and oxygen atoms in total. The van der Waals surface area contributed by atoms with Crippen LogP contribution in [0.15, 0.2) is 22.7 Å². The maximum absolute atomic E-state index is 8.75. The predicted molar refractivity (Wildman–Crippen MR) is 59.0 cm³/mol. The van der Waals surface area contributed by atoms with Crippen LogP contribution in [0.4, 0.5) is 0 Å². The number of benzene rings is 1. The summed E-state index contributed by atoms with van der Waals surface area (Å²) in [6.45, 7) is 0. The van der Waals surface area contributed by atoms with Crippen LogP contribution in [0.25, 0.3) is 10.1 Å². The second-order valence-electron chi connectivity index (χ2n) is 2.71. The van der Waals surface area contributed by atoms with Crippen LogP contribution in [-0.2, 0) is 0 Å². The Hall–Kier alpha value is -1.36. The molecule has 0 bridgehead atoms. The first-order valence-electron chi connectivity index (χ1n) is 3.78. The molecule has 1 aromatic heterocycles. The number of fused-ring (bicyclic) bond motifs is 1. The number of halogens is 1. The first-order valence-corrected chi connectivity index (χ1v) is 5.39. The SMILES string of the molecule is N#Cc1cc(Br)c2sc(C#N)cc2c1. The molecule has 1 aromatic carbocycles. The standard InChI is InChI=1S/C10H3BrN2S/c11-9-2-6(4-12)1-7-3-8(5-13)14-10(7)9/h1-3H. The summed E-state index contributed by atoms with van der Waals surface area (Å²) in [6.07, 6.45) is 0. The minimum Gasteiger partial charge on any atom is -0.192 e. The van der Waals surface area contributed by atoms with Gasteiger partial charge in [0.25, 0.3) is 0 Å². The number of nitriles is 2. The Morgan fingerprint density at radius 1 is 1.14 bits per heavy atom. The smallest absolute Gasteiger partial charge is 0.110 e. The number of rotatable bonds is 0. The third kappa shape index (κ3) is 1.39. The minimum absolute atomic E-state index is 0.603. The molecule has 0 saturated carbocycles. The molecular weight excluding hydrogens is 260 g/mol. The summed E-state index contributed by atoms with van der Waals surface area (Å²) >= 11 is 4.81. The Morgan fingerprint density at radius 2 is 1.93 bits per heavy atom. The van der Waals surface area contributed by atoms with E-state index in [0.717, 1.165) is 14.6 Å². The lowest BCUT2D eigenvalue weighted by Crippen LogP contribution is -1.73. The first-order chi connectivity index (χ1) is 6.74. The highest BCUT2D eigenvalue weighted by atomic mass is 79.9. The van der Waals surface area contributed by atoms with E-state index in [0.29, 0.717) is 10.4 Å². The van der Waals surface area contributed by atoms with Gasteiger partial charge in [-0.2, -0.15) is 10.5 Å². The molecule has 0 unspecified atom stereocenters. The van der Waals surface area contributed by atoms with Gasteiger partial charge in [-0.25, -0.2) is 0 Å². The van der Waals surface area contributed by atoms with Gasteiger partial charge in [-0.1, -0.05) is 0 Å². The Balaban J connectivity index is 2.83. The van der Waals surface area contributed by atoms with Crippen molar-refractivity contribution in [1.29, 1.82) is 10.5 Å². The molecule has 4 heteroatoms. The van der Waals surface area contributed by atoms with Crippen LogP contribution in [0.2, 0.25) is 0 Å². The minimum atomic E-state index is 0.603. The monoisotopic (exact) mass is 262 g/mol. The highest BCUT2D eigenvalue weighted by Crippen LogP contribution is 2.32. The fourth-order valence-corrected chi connectivity index (χ4v) is 2.79. The van der Waals surface area contributed by atoms with Crippen LogP contribution >= 0.6 is 27.3 Å². The largest absolute Gasteiger partial charge is 0.192 e. The number of thiophene rings is 1. The molecule has 0 spiro atoms. The van der Waals surface area contributed by atoms with E-state index in [1.807, 2.05) is 0 Å². The van der Waals surface area contributed by atoms with Gasteiger partial charge in [0.2, 0.25) is 0 Å². The molecule has 0 saturated heterocycles. The van der Waals surface area contributed by atoms with E-state index in [9.17, 15) is 0 Å². The summed E-state index contributed by atoms with van der Waals surface area (Å²) in [5, 5.41) is 18.4. The van der Waals surface area contributed by atoms with Gasteiger partial charge in [0.15, 0.2) is 0 Å². The Kier molecular flexibility index (Phi) is 2.25. The van der Waals surface area contributed by atoms with E-state index < -0.39 is 0 Å². The van der Waals surface area contributed by atoms with E-state index >= 15 is 0 Å². The highest BCUT2D eigenvalue weighted by molar-refractivity contribution is 9.10. The van der Waals surface area contributed by atoms with Gasteiger partial charge < -0.3 is 0 Å². The summed E-state index contributed by atoms with van der Waals surface area (Å²) in [7, 11) is 0. The zero-order valence-electron chi connectivity index (χ0n) is 6.91. The summed E-state index contributed by atoms with van der Waals surface area (Å²) in [6, 6.07) is 9.53. The van der Waals surface area contributed by atoms with Gasteiger partial charge in [-0.3, -0.25) is 0 Å². The van der Waals surface area contributed by atoms with Crippen molar-refractivity contribution in [2.75, 3.05) is 0 Å². The third-order valence-electron chi connectivity index (χ3n) is 1.81. The van der Waals surface area contributed by atoms with Crippen molar-refractivity contribution in [3.05, 3.63) is 33.1 Å². The fraction of sp³-hybridized carbons (Fsp3) is 0. The van der Waals surface area contributed by atoms with Crippen molar-refractivity contribution in [2.24, 2.45) is 0 Å². The quantitative estimate of drug-likeness (QED) is 0.731. The first kappa shape index (κ1) is 9.21.